The van der Waals surface area contributed by atoms with Gasteiger partial charge in [-0.1, -0.05) is 6.08 Å². The lowest BCUT2D eigenvalue weighted by Gasteiger charge is -2.30. The molecule has 4 rings (SSSR count). The maximum absolute atomic E-state index is 12.7. The maximum atomic E-state index is 12.7. The Bertz CT molecular complexity index is 1060. The van der Waals surface area contributed by atoms with E-state index in [9.17, 15) is 9.59 Å². The molecule has 0 bridgehead atoms. The Morgan fingerprint density at radius 3 is 2.83 bits per heavy atom. The third kappa shape index (κ3) is 3.65. The molecule has 0 aliphatic carbocycles. The van der Waals surface area contributed by atoms with E-state index in [0.717, 1.165) is 18.5 Å². The van der Waals surface area contributed by atoms with Crippen LogP contribution in [0.2, 0.25) is 0 Å². The summed E-state index contributed by atoms with van der Waals surface area (Å²) in [6.45, 7) is 3.28. The van der Waals surface area contributed by atoms with Crippen molar-refractivity contribution in [2.24, 2.45) is 4.99 Å². The summed E-state index contributed by atoms with van der Waals surface area (Å²) < 4.78 is 7.29. The van der Waals surface area contributed by atoms with Crippen LogP contribution in [0.3, 0.4) is 0 Å². The molecule has 0 spiro atoms. The molecule has 1 amide bonds. The number of allylic oxidation sites excluding steroid dienone is 1. The number of anilines is 2. The van der Waals surface area contributed by atoms with Crippen molar-refractivity contribution in [2.45, 2.75) is 19.8 Å². The Labute approximate surface area is 168 Å². The largest absolute Gasteiger partial charge is 0.488 e. The molecule has 150 valence electrons. The minimum atomic E-state index is -0.104. The highest BCUT2D eigenvalue weighted by Crippen LogP contribution is 2.35. The SMILES string of the molecule is CN=c1cc(N2CCOc3cc(C(=O)N4C=CCCC4)cnc32)ccn1C(C)=O. The lowest BCUT2D eigenvalue weighted by atomic mass is 10.1. The second-order valence-corrected chi connectivity index (χ2v) is 6.93. The molecule has 8 nitrogen and oxygen atoms in total. The van der Waals surface area contributed by atoms with Crippen molar-refractivity contribution in [2.75, 3.05) is 31.6 Å². The molecule has 0 atom stereocenters. The van der Waals surface area contributed by atoms with Crippen molar-refractivity contribution in [3.05, 3.63) is 53.9 Å². The molecule has 0 saturated carbocycles. The first-order chi connectivity index (χ1) is 14.1. The number of amides is 1. The van der Waals surface area contributed by atoms with E-state index in [1.807, 2.05) is 29.3 Å². The first kappa shape index (κ1) is 18.9. The summed E-state index contributed by atoms with van der Waals surface area (Å²) in [7, 11) is 1.65. The highest BCUT2D eigenvalue weighted by molar-refractivity contribution is 5.95. The molecule has 0 N–H and O–H groups in total. The van der Waals surface area contributed by atoms with Crippen LogP contribution in [0, 0.1) is 0 Å². The van der Waals surface area contributed by atoms with E-state index in [1.54, 1.807) is 30.4 Å². The van der Waals surface area contributed by atoms with Gasteiger partial charge in [-0.25, -0.2) is 4.98 Å². The lowest BCUT2D eigenvalue weighted by Crippen LogP contribution is -2.33. The minimum absolute atomic E-state index is 0.0775. The van der Waals surface area contributed by atoms with Gasteiger partial charge in [0, 0.05) is 50.9 Å². The van der Waals surface area contributed by atoms with Crippen LogP contribution in [-0.4, -0.2) is 53.0 Å². The zero-order chi connectivity index (χ0) is 20.4. The maximum Gasteiger partial charge on any atom is 0.259 e. The van der Waals surface area contributed by atoms with Gasteiger partial charge in [0.25, 0.3) is 5.91 Å². The van der Waals surface area contributed by atoms with Gasteiger partial charge in [-0.2, -0.15) is 0 Å². The predicted molar refractivity (Wildman–Crippen MR) is 108 cm³/mol. The van der Waals surface area contributed by atoms with Crippen LogP contribution >= 0.6 is 0 Å². The van der Waals surface area contributed by atoms with Crippen LogP contribution < -0.4 is 15.1 Å². The fourth-order valence-electron chi connectivity index (χ4n) is 3.54. The first-order valence-corrected chi connectivity index (χ1v) is 9.63. The number of pyridine rings is 2. The standard InChI is InChI=1S/C21H23N5O3/c1-15(27)25-9-6-17(13-19(25)22-2)26-10-11-29-18-12-16(14-23-20(18)26)21(28)24-7-4-3-5-8-24/h4,6-7,9,12-14H,3,5,8,10-11H2,1-2H3. The Morgan fingerprint density at radius 1 is 1.24 bits per heavy atom. The van der Waals surface area contributed by atoms with Crippen molar-refractivity contribution in [1.82, 2.24) is 14.5 Å². The monoisotopic (exact) mass is 393 g/mol. The van der Waals surface area contributed by atoms with E-state index < -0.39 is 0 Å². The Morgan fingerprint density at radius 2 is 2.10 bits per heavy atom. The number of fused-ring (bicyclic) bond motifs is 1. The topological polar surface area (TPSA) is 80.0 Å². The normalized spacial score (nSPS) is 16.4. The second-order valence-electron chi connectivity index (χ2n) is 6.93. The van der Waals surface area contributed by atoms with Gasteiger partial charge in [0.1, 0.15) is 12.1 Å². The highest BCUT2D eigenvalue weighted by Gasteiger charge is 2.24. The molecule has 0 fully saturated rings. The fourth-order valence-corrected chi connectivity index (χ4v) is 3.54. The number of aromatic nitrogens is 2. The van der Waals surface area contributed by atoms with Crippen molar-refractivity contribution in [3.63, 3.8) is 0 Å². The molecule has 2 aromatic rings. The summed E-state index contributed by atoms with van der Waals surface area (Å²) in [6.07, 6.45) is 9.10. The number of hydrogen-bond acceptors (Lipinski definition) is 6. The van der Waals surface area contributed by atoms with Crippen molar-refractivity contribution < 1.29 is 14.3 Å². The van der Waals surface area contributed by atoms with E-state index >= 15 is 0 Å². The summed E-state index contributed by atoms with van der Waals surface area (Å²) >= 11 is 0. The smallest absolute Gasteiger partial charge is 0.259 e. The number of carbonyl (C=O) groups excluding carboxylic acids is 2. The predicted octanol–water partition coefficient (Wildman–Crippen LogP) is 2.35. The van der Waals surface area contributed by atoms with Gasteiger partial charge in [0.15, 0.2) is 11.6 Å². The van der Waals surface area contributed by atoms with E-state index in [1.165, 1.54) is 11.5 Å². The van der Waals surface area contributed by atoms with Crippen LogP contribution in [0.25, 0.3) is 0 Å². The van der Waals surface area contributed by atoms with Crippen LogP contribution in [0.5, 0.6) is 5.75 Å². The summed E-state index contributed by atoms with van der Waals surface area (Å²) in [4.78, 5) is 36.9. The van der Waals surface area contributed by atoms with Gasteiger partial charge in [0.05, 0.1) is 12.1 Å². The lowest BCUT2D eigenvalue weighted by molar-refractivity contribution is 0.0814. The van der Waals surface area contributed by atoms with E-state index in [4.69, 9.17) is 4.74 Å². The molecule has 4 heterocycles. The molecule has 8 heteroatoms. The molecular weight excluding hydrogens is 370 g/mol. The Balaban J connectivity index is 1.67. The third-order valence-electron chi connectivity index (χ3n) is 5.02. The minimum Gasteiger partial charge on any atom is -0.488 e. The third-order valence-corrected chi connectivity index (χ3v) is 5.02. The van der Waals surface area contributed by atoms with E-state index in [0.29, 0.717) is 42.3 Å². The molecule has 29 heavy (non-hydrogen) atoms. The van der Waals surface area contributed by atoms with Crippen molar-refractivity contribution in [3.8, 4) is 5.75 Å². The summed E-state index contributed by atoms with van der Waals surface area (Å²) in [5, 5.41) is 0. The molecule has 0 unspecified atom stereocenters. The van der Waals surface area contributed by atoms with Crippen LogP contribution in [0.15, 0.2) is 47.9 Å². The molecule has 2 aromatic heterocycles. The van der Waals surface area contributed by atoms with E-state index in [-0.39, 0.29) is 11.8 Å². The highest BCUT2D eigenvalue weighted by atomic mass is 16.5. The summed E-state index contributed by atoms with van der Waals surface area (Å²) in [6, 6.07) is 5.45. The van der Waals surface area contributed by atoms with E-state index in [2.05, 4.69) is 9.98 Å². The Hall–Kier alpha value is -3.42. The molecular formula is C21H23N5O3. The van der Waals surface area contributed by atoms with Gasteiger partial charge in [-0.3, -0.25) is 19.1 Å². The van der Waals surface area contributed by atoms with Crippen LogP contribution in [-0.2, 0) is 0 Å². The van der Waals surface area contributed by atoms with Crippen LogP contribution in [0.1, 0.15) is 34.9 Å². The Kier molecular flexibility index (Phi) is 5.16. The zero-order valence-electron chi connectivity index (χ0n) is 16.5. The summed E-state index contributed by atoms with van der Waals surface area (Å²) in [5.74, 6) is 1.03. The van der Waals surface area contributed by atoms with Gasteiger partial charge >= 0.3 is 0 Å². The van der Waals surface area contributed by atoms with Crippen LogP contribution in [0.4, 0.5) is 11.5 Å². The second kappa shape index (κ2) is 7.90. The van der Waals surface area contributed by atoms with Crippen molar-refractivity contribution in [1.29, 1.82) is 0 Å². The van der Waals surface area contributed by atoms with Gasteiger partial charge in [-0.15, -0.1) is 0 Å². The number of carbonyl (C=O) groups is 2. The van der Waals surface area contributed by atoms with Crippen molar-refractivity contribution >= 4 is 23.3 Å². The van der Waals surface area contributed by atoms with Gasteiger partial charge in [-0.05, 0) is 25.0 Å². The number of rotatable bonds is 2. The molecule has 2 aliphatic heterocycles. The molecule has 0 radical (unpaired) electrons. The number of ether oxygens (including phenoxy) is 1. The molecule has 0 saturated heterocycles. The quantitative estimate of drug-likeness (QED) is 0.783. The average Bonchev–Trinajstić information content (AvgIpc) is 2.77. The first-order valence-electron chi connectivity index (χ1n) is 9.63. The molecule has 0 aromatic carbocycles. The zero-order valence-corrected chi connectivity index (χ0v) is 16.5. The number of hydrogen-bond donors (Lipinski definition) is 0. The van der Waals surface area contributed by atoms with Gasteiger partial charge in [0.2, 0.25) is 5.91 Å². The average molecular weight is 393 g/mol. The number of nitrogens with zero attached hydrogens (tertiary/aromatic N) is 5. The molecule has 2 aliphatic rings. The summed E-state index contributed by atoms with van der Waals surface area (Å²) in [5.41, 5.74) is 1.92. The fraction of sp³-hybridized carbons (Fsp3) is 0.333. The van der Waals surface area contributed by atoms with Gasteiger partial charge < -0.3 is 14.5 Å².